The van der Waals surface area contributed by atoms with E-state index < -0.39 is 17.7 Å². The Kier molecular flexibility index (Phi) is 4.70. The van der Waals surface area contributed by atoms with Crippen LogP contribution in [0, 0.1) is 11.3 Å². The summed E-state index contributed by atoms with van der Waals surface area (Å²) < 4.78 is 9.65. The highest BCUT2D eigenvalue weighted by Gasteiger charge is 2.17. The third-order valence-corrected chi connectivity index (χ3v) is 2.19. The molecule has 0 bridgehead atoms. The van der Waals surface area contributed by atoms with E-state index in [1.807, 2.05) is 6.07 Å². The van der Waals surface area contributed by atoms with Gasteiger partial charge >= 0.3 is 12.1 Å². The van der Waals surface area contributed by atoms with Crippen LogP contribution >= 0.6 is 0 Å². The molecule has 0 spiro atoms. The summed E-state index contributed by atoms with van der Waals surface area (Å²) in [6.07, 6.45) is -0.632. The number of hydrogen-bond acceptors (Lipinski definition) is 5. The zero-order valence-electron chi connectivity index (χ0n) is 11.8. The van der Waals surface area contributed by atoms with Crippen LogP contribution < -0.4 is 5.32 Å². The molecule has 1 aromatic rings. The van der Waals surface area contributed by atoms with Crippen LogP contribution in [0.15, 0.2) is 18.2 Å². The molecular weight excluding hydrogens is 260 g/mol. The van der Waals surface area contributed by atoms with E-state index in [1.54, 1.807) is 20.8 Å². The fraction of sp³-hybridized carbons (Fsp3) is 0.357. The first kappa shape index (κ1) is 15.5. The summed E-state index contributed by atoms with van der Waals surface area (Å²) in [4.78, 5) is 23.0. The molecule has 0 fully saturated rings. The van der Waals surface area contributed by atoms with E-state index in [0.29, 0.717) is 5.69 Å². The van der Waals surface area contributed by atoms with Gasteiger partial charge in [0.2, 0.25) is 0 Å². The van der Waals surface area contributed by atoms with Gasteiger partial charge in [-0.2, -0.15) is 5.26 Å². The molecule has 0 radical (unpaired) electrons. The minimum atomic E-state index is -0.632. The van der Waals surface area contributed by atoms with Crippen molar-refractivity contribution < 1.29 is 19.1 Å². The van der Waals surface area contributed by atoms with E-state index in [0.717, 1.165) is 0 Å². The second-order valence-electron chi connectivity index (χ2n) is 4.99. The third-order valence-electron chi connectivity index (χ3n) is 2.19. The van der Waals surface area contributed by atoms with Crippen molar-refractivity contribution in [2.75, 3.05) is 12.4 Å². The molecule has 1 N–H and O–H groups in total. The number of benzene rings is 1. The average molecular weight is 276 g/mol. The van der Waals surface area contributed by atoms with E-state index in [1.165, 1.54) is 25.3 Å². The zero-order chi connectivity index (χ0) is 15.3. The largest absolute Gasteiger partial charge is 0.465 e. The maximum atomic E-state index is 11.6. The highest BCUT2D eigenvalue weighted by molar-refractivity contribution is 5.93. The highest BCUT2D eigenvalue weighted by atomic mass is 16.6. The molecule has 0 atom stereocenters. The molecule has 0 saturated carbocycles. The van der Waals surface area contributed by atoms with Crippen LogP contribution in [0.4, 0.5) is 10.5 Å². The number of esters is 1. The van der Waals surface area contributed by atoms with Gasteiger partial charge < -0.3 is 9.47 Å². The Morgan fingerprint density at radius 3 is 2.45 bits per heavy atom. The summed E-state index contributed by atoms with van der Waals surface area (Å²) >= 11 is 0. The number of nitrogens with zero attached hydrogens (tertiary/aromatic N) is 1. The minimum Gasteiger partial charge on any atom is -0.465 e. The highest BCUT2D eigenvalue weighted by Crippen LogP contribution is 2.17. The minimum absolute atomic E-state index is 0.116. The van der Waals surface area contributed by atoms with Crippen LogP contribution in [0.3, 0.4) is 0 Å². The van der Waals surface area contributed by atoms with Crippen molar-refractivity contribution in [1.29, 1.82) is 5.26 Å². The second-order valence-corrected chi connectivity index (χ2v) is 4.99. The first-order valence-corrected chi connectivity index (χ1v) is 5.89. The van der Waals surface area contributed by atoms with Crippen molar-refractivity contribution in [1.82, 2.24) is 0 Å². The maximum Gasteiger partial charge on any atom is 0.412 e. The lowest BCUT2D eigenvalue weighted by Crippen LogP contribution is -2.27. The molecule has 0 unspecified atom stereocenters. The molecule has 0 heterocycles. The van der Waals surface area contributed by atoms with Crippen LogP contribution in [0.5, 0.6) is 0 Å². The molecule has 0 aliphatic rings. The number of nitrogens with one attached hydrogen (secondary N) is 1. The first-order chi connectivity index (χ1) is 9.26. The summed E-state index contributed by atoms with van der Waals surface area (Å²) in [6.45, 7) is 5.23. The number of hydrogen-bond donors (Lipinski definition) is 1. The van der Waals surface area contributed by atoms with Crippen LogP contribution in [-0.2, 0) is 9.47 Å². The predicted molar refractivity (Wildman–Crippen MR) is 72.4 cm³/mol. The average Bonchev–Trinajstić information content (AvgIpc) is 2.35. The quantitative estimate of drug-likeness (QED) is 0.839. The Bertz CT molecular complexity index is 568. The van der Waals surface area contributed by atoms with Gasteiger partial charge in [-0.05, 0) is 39.0 Å². The topological polar surface area (TPSA) is 88.4 Å². The van der Waals surface area contributed by atoms with Gasteiger partial charge in [-0.25, -0.2) is 9.59 Å². The molecule has 6 heteroatoms. The standard InChI is InChI=1S/C14H16N2O4/c1-14(2,3)20-13(18)16-10-5-6-11(12(17)19-4)9(7-10)8-15/h5-7H,1-4H3,(H,16,18). The SMILES string of the molecule is COC(=O)c1ccc(NC(=O)OC(C)(C)C)cc1C#N. The summed E-state index contributed by atoms with van der Waals surface area (Å²) in [5, 5.41) is 11.5. The lowest BCUT2D eigenvalue weighted by Gasteiger charge is -2.19. The van der Waals surface area contributed by atoms with Gasteiger partial charge in [0, 0.05) is 5.69 Å². The molecule has 1 rings (SSSR count). The van der Waals surface area contributed by atoms with E-state index in [2.05, 4.69) is 10.1 Å². The normalized spacial score (nSPS) is 10.3. The van der Waals surface area contributed by atoms with Crippen LogP contribution in [0.25, 0.3) is 0 Å². The summed E-state index contributed by atoms with van der Waals surface area (Å²) in [5.41, 5.74) is 0.00674. The Labute approximate surface area is 117 Å². The molecule has 0 aliphatic carbocycles. The first-order valence-electron chi connectivity index (χ1n) is 5.89. The smallest absolute Gasteiger partial charge is 0.412 e. The summed E-state index contributed by atoms with van der Waals surface area (Å²) in [5.74, 6) is -0.606. The molecule has 106 valence electrons. The molecule has 0 aromatic heterocycles. The molecule has 20 heavy (non-hydrogen) atoms. The number of nitriles is 1. The number of anilines is 1. The van der Waals surface area contributed by atoms with Crippen molar-refractivity contribution in [2.24, 2.45) is 0 Å². The van der Waals surface area contributed by atoms with E-state index in [4.69, 9.17) is 10.00 Å². The monoisotopic (exact) mass is 276 g/mol. The molecule has 6 nitrogen and oxygen atoms in total. The van der Waals surface area contributed by atoms with E-state index in [9.17, 15) is 9.59 Å². The fourth-order valence-electron chi connectivity index (χ4n) is 1.42. The van der Waals surface area contributed by atoms with Gasteiger partial charge in [-0.3, -0.25) is 5.32 Å². The molecule has 1 amide bonds. The number of methoxy groups -OCH3 is 1. The molecule has 0 aliphatic heterocycles. The third kappa shape index (κ3) is 4.28. The Balaban J connectivity index is 2.92. The molecular formula is C14H16N2O4. The Morgan fingerprint density at radius 2 is 1.95 bits per heavy atom. The van der Waals surface area contributed by atoms with Crippen molar-refractivity contribution in [3.63, 3.8) is 0 Å². The fourth-order valence-corrected chi connectivity index (χ4v) is 1.42. The van der Waals surface area contributed by atoms with Gasteiger partial charge in [0.25, 0.3) is 0 Å². The lowest BCUT2D eigenvalue weighted by atomic mass is 10.1. The van der Waals surface area contributed by atoms with Crippen molar-refractivity contribution in [3.8, 4) is 6.07 Å². The summed E-state index contributed by atoms with van der Waals surface area (Å²) in [7, 11) is 1.23. The van der Waals surface area contributed by atoms with Crippen molar-refractivity contribution >= 4 is 17.7 Å². The molecule has 1 aromatic carbocycles. The molecule has 0 saturated heterocycles. The van der Waals surface area contributed by atoms with Crippen molar-refractivity contribution in [3.05, 3.63) is 29.3 Å². The maximum absolute atomic E-state index is 11.6. The number of ether oxygens (including phenoxy) is 2. The van der Waals surface area contributed by atoms with Crippen molar-refractivity contribution in [2.45, 2.75) is 26.4 Å². The number of carbonyl (C=O) groups is 2. The predicted octanol–water partition coefficient (Wildman–Crippen LogP) is 2.69. The Hall–Kier alpha value is -2.55. The number of amides is 1. The van der Waals surface area contributed by atoms with E-state index in [-0.39, 0.29) is 11.1 Å². The van der Waals surface area contributed by atoms with Crippen LogP contribution in [0.1, 0.15) is 36.7 Å². The van der Waals surface area contributed by atoms with Gasteiger partial charge in [0.05, 0.1) is 18.2 Å². The lowest BCUT2D eigenvalue weighted by molar-refractivity contribution is 0.0598. The van der Waals surface area contributed by atoms with E-state index >= 15 is 0 Å². The second kappa shape index (κ2) is 6.06. The van der Waals surface area contributed by atoms with Gasteiger partial charge in [0.15, 0.2) is 0 Å². The Morgan fingerprint density at radius 1 is 1.30 bits per heavy atom. The zero-order valence-corrected chi connectivity index (χ0v) is 11.8. The summed E-state index contributed by atoms with van der Waals surface area (Å²) in [6, 6.07) is 6.18. The number of rotatable bonds is 2. The van der Waals surface area contributed by atoms with Crippen LogP contribution in [-0.4, -0.2) is 24.8 Å². The number of carbonyl (C=O) groups excluding carboxylic acids is 2. The van der Waals surface area contributed by atoms with Gasteiger partial charge in [-0.1, -0.05) is 0 Å². The van der Waals surface area contributed by atoms with Crippen LogP contribution in [0.2, 0.25) is 0 Å². The van der Waals surface area contributed by atoms with Gasteiger partial charge in [0.1, 0.15) is 11.7 Å². The van der Waals surface area contributed by atoms with Gasteiger partial charge in [-0.15, -0.1) is 0 Å².